The number of nitrogens with zero attached hydrogens (tertiary/aromatic N) is 2. The Morgan fingerprint density at radius 2 is 1.93 bits per heavy atom. The molecule has 0 aliphatic carbocycles. The fraction of sp³-hybridized carbons (Fsp3) is 0.261. The summed E-state index contributed by atoms with van der Waals surface area (Å²) in [5, 5.41) is 25.1. The third kappa shape index (κ3) is 2.04. The summed E-state index contributed by atoms with van der Waals surface area (Å²) in [5.41, 5.74) is -1.80. The van der Waals surface area contributed by atoms with Crippen LogP contribution < -0.4 is 10.7 Å². The third-order valence-corrected chi connectivity index (χ3v) is 6.62. The molecule has 7 heteroatoms. The zero-order valence-electron chi connectivity index (χ0n) is 16.3. The number of amides is 1. The van der Waals surface area contributed by atoms with Crippen molar-refractivity contribution < 1.29 is 14.3 Å². The van der Waals surface area contributed by atoms with Crippen molar-refractivity contribution >= 4 is 22.6 Å². The van der Waals surface area contributed by atoms with Gasteiger partial charge in [-0.05, 0) is 31.7 Å². The molecule has 2 aromatic carbocycles. The second-order valence-electron chi connectivity index (χ2n) is 7.88. The van der Waals surface area contributed by atoms with Crippen LogP contribution in [0.2, 0.25) is 0 Å². The molecule has 3 aromatic rings. The minimum Gasteiger partial charge on any atom is -0.464 e. The molecule has 2 aliphatic rings. The zero-order valence-corrected chi connectivity index (χ0v) is 16.3. The number of hydrogen-bond acceptors (Lipinski definition) is 6. The number of aliphatic hydroxyl groups excluding tert-OH is 1. The molecule has 0 bridgehead atoms. The van der Waals surface area contributed by atoms with E-state index in [1.165, 1.54) is 6.26 Å². The lowest BCUT2D eigenvalue weighted by Crippen LogP contribution is -2.56. The van der Waals surface area contributed by atoms with Gasteiger partial charge in [0.05, 0.1) is 17.0 Å². The molecule has 7 nitrogen and oxygen atoms in total. The van der Waals surface area contributed by atoms with E-state index in [2.05, 4.69) is 11.4 Å². The maximum atomic E-state index is 13.4. The van der Waals surface area contributed by atoms with Gasteiger partial charge in [-0.25, -0.2) is 0 Å². The molecule has 0 radical (unpaired) electrons. The predicted octanol–water partition coefficient (Wildman–Crippen LogP) is 2.52. The largest absolute Gasteiger partial charge is 0.464 e. The van der Waals surface area contributed by atoms with E-state index in [0.717, 1.165) is 0 Å². The lowest BCUT2D eigenvalue weighted by Gasteiger charge is -2.42. The van der Waals surface area contributed by atoms with E-state index in [1.54, 1.807) is 60.5 Å². The number of anilines is 1. The highest BCUT2D eigenvalue weighted by Gasteiger charge is 2.70. The first kappa shape index (κ1) is 18.6. The van der Waals surface area contributed by atoms with Gasteiger partial charge in [-0.2, -0.15) is 5.26 Å². The van der Waals surface area contributed by atoms with Crippen LogP contribution in [-0.2, 0) is 10.3 Å². The Kier molecular flexibility index (Phi) is 3.87. The zero-order chi connectivity index (χ0) is 21.1. The van der Waals surface area contributed by atoms with Crippen LogP contribution in [0.3, 0.4) is 0 Å². The Hall–Kier alpha value is -3.47. The Balaban J connectivity index is 1.77. The molecule has 2 N–H and O–H groups in total. The van der Waals surface area contributed by atoms with Crippen LogP contribution in [0, 0.1) is 16.7 Å². The first-order valence-corrected chi connectivity index (χ1v) is 9.69. The number of hydrogen-bond donors (Lipinski definition) is 2. The van der Waals surface area contributed by atoms with Crippen molar-refractivity contribution in [2.45, 2.75) is 18.1 Å². The number of nitrogens with one attached hydrogen (secondary N) is 1. The Bertz CT molecular complexity index is 1290. The molecule has 5 rings (SSSR count). The van der Waals surface area contributed by atoms with Crippen LogP contribution in [0.1, 0.15) is 23.7 Å². The maximum absolute atomic E-state index is 13.4. The fourth-order valence-corrected chi connectivity index (χ4v) is 5.18. The minimum absolute atomic E-state index is 0.0258. The number of likely N-dealkylation sites (tertiary alicyclic amines) is 1. The Morgan fingerprint density at radius 3 is 2.73 bits per heavy atom. The van der Waals surface area contributed by atoms with Crippen LogP contribution in [0.4, 0.5) is 5.69 Å². The van der Waals surface area contributed by atoms with Gasteiger partial charge in [-0.1, -0.05) is 30.3 Å². The van der Waals surface area contributed by atoms with E-state index in [0.29, 0.717) is 28.8 Å². The summed E-state index contributed by atoms with van der Waals surface area (Å²) in [7, 11) is 1.76. The molecule has 1 amide bonds. The van der Waals surface area contributed by atoms with E-state index in [9.17, 15) is 20.0 Å². The summed E-state index contributed by atoms with van der Waals surface area (Å²) in [6.07, 6.45) is -0.0980. The van der Waals surface area contributed by atoms with Crippen molar-refractivity contribution in [3.05, 3.63) is 76.1 Å². The summed E-state index contributed by atoms with van der Waals surface area (Å²) >= 11 is 0. The molecular formula is C23H19N3O4. The molecule has 1 saturated heterocycles. The van der Waals surface area contributed by atoms with Crippen molar-refractivity contribution in [3.63, 3.8) is 0 Å². The summed E-state index contributed by atoms with van der Waals surface area (Å²) in [6, 6.07) is 16.1. The molecule has 1 fully saturated rings. The van der Waals surface area contributed by atoms with Gasteiger partial charge in [0, 0.05) is 17.8 Å². The summed E-state index contributed by atoms with van der Waals surface area (Å²) in [5.74, 6) is -0.380. The third-order valence-electron chi connectivity index (χ3n) is 6.62. The lowest BCUT2D eigenvalue weighted by atomic mass is 9.63. The quantitative estimate of drug-likeness (QED) is 0.683. The van der Waals surface area contributed by atoms with E-state index in [1.807, 2.05) is 0 Å². The maximum Gasteiger partial charge on any atom is 0.251 e. The number of carbonyl (C=O) groups is 1. The van der Waals surface area contributed by atoms with Gasteiger partial charge in [0.1, 0.15) is 28.9 Å². The van der Waals surface area contributed by atoms with Gasteiger partial charge < -0.3 is 14.8 Å². The van der Waals surface area contributed by atoms with Crippen LogP contribution in [0.5, 0.6) is 0 Å². The monoisotopic (exact) mass is 401 g/mol. The average molecular weight is 401 g/mol. The second-order valence-corrected chi connectivity index (χ2v) is 7.88. The Labute approximate surface area is 172 Å². The summed E-state index contributed by atoms with van der Waals surface area (Å²) in [6.45, 7) is 0.408. The molecule has 0 saturated carbocycles. The molecule has 3 atom stereocenters. The van der Waals surface area contributed by atoms with Crippen molar-refractivity contribution in [1.29, 1.82) is 5.26 Å². The number of fused-ring (bicyclic) bond motifs is 3. The van der Waals surface area contributed by atoms with Gasteiger partial charge in [-0.15, -0.1) is 0 Å². The van der Waals surface area contributed by atoms with Crippen LogP contribution in [0.25, 0.3) is 11.0 Å². The van der Waals surface area contributed by atoms with Crippen LogP contribution >= 0.6 is 0 Å². The predicted molar refractivity (Wildman–Crippen MR) is 109 cm³/mol. The van der Waals surface area contributed by atoms with Gasteiger partial charge in [-0.3, -0.25) is 14.5 Å². The van der Waals surface area contributed by atoms with E-state index >= 15 is 0 Å². The molecular weight excluding hydrogens is 382 g/mol. The topological polar surface area (TPSA) is 107 Å². The number of rotatable bonds is 2. The number of para-hydroxylation sites is 2. The standard InChI is InChI=1S/C23H19N3O4/c1-26-11-10-22(13-24,23(26)16-7-3-4-8-17(16)25-21(23)29)20(28)15-12-30-18-9-5-2-6-14(18)19(15)27/h2-9,12,20,28H,10-11H2,1H3,(H,25,29)/t20-,22-,23-/m0/s1. The van der Waals surface area contributed by atoms with Gasteiger partial charge in [0.15, 0.2) is 5.43 Å². The lowest BCUT2D eigenvalue weighted by molar-refractivity contribution is -0.134. The molecule has 3 heterocycles. The molecule has 1 spiro atoms. The highest BCUT2D eigenvalue weighted by atomic mass is 16.3. The van der Waals surface area contributed by atoms with Gasteiger partial charge in [0.2, 0.25) is 0 Å². The fourth-order valence-electron chi connectivity index (χ4n) is 5.18. The molecule has 1 aromatic heterocycles. The number of likely N-dealkylation sites (N-methyl/N-ethyl adjacent to an activating group) is 1. The van der Waals surface area contributed by atoms with Crippen molar-refractivity contribution in [1.82, 2.24) is 4.90 Å². The second kappa shape index (κ2) is 6.26. The molecule has 30 heavy (non-hydrogen) atoms. The number of carbonyl (C=O) groups excluding carboxylic acids is 1. The van der Waals surface area contributed by atoms with Gasteiger partial charge >= 0.3 is 0 Å². The SMILES string of the molecule is CN1CC[C@](C#N)([C@@H](O)c2coc3ccccc3c2=O)[C@]12C(=O)Nc1ccccc12. The first-order valence-electron chi connectivity index (χ1n) is 9.69. The summed E-state index contributed by atoms with van der Waals surface area (Å²) in [4.78, 5) is 28.3. The first-order chi connectivity index (χ1) is 14.5. The number of benzene rings is 2. The van der Waals surface area contributed by atoms with Crippen LogP contribution in [0.15, 0.2) is 64.0 Å². The normalized spacial score (nSPS) is 26.5. The van der Waals surface area contributed by atoms with Crippen LogP contribution in [-0.4, -0.2) is 29.5 Å². The summed E-state index contributed by atoms with van der Waals surface area (Å²) < 4.78 is 5.58. The smallest absolute Gasteiger partial charge is 0.251 e. The molecule has 150 valence electrons. The van der Waals surface area contributed by atoms with Crippen molar-refractivity contribution in [2.24, 2.45) is 5.41 Å². The van der Waals surface area contributed by atoms with Crippen molar-refractivity contribution in [2.75, 3.05) is 18.9 Å². The Morgan fingerprint density at radius 1 is 1.20 bits per heavy atom. The molecule has 0 unspecified atom stereocenters. The minimum atomic E-state index is -1.57. The van der Waals surface area contributed by atoms with E-state index in [-0.39, 0.29) is 17.9 Å². The van der Waals surface area contributed by atoms with Gasteiger partial charge in [0.25, 0.3) is 5.91 Å². The number of nitriles is 1. The average Bonchev–Trinajstić information content (AvgIpc) is 3.24. The highest BCUT2D eigenvalue weighted by Crippen LogP contribution is 2.61. The molecule has 2 aliphatic heterocycles. The van der Waals surface area contributed by atoms with E-state index in [4.69, 9.17) is 4.42 Å². The number of aliphatic hydroxyl groups is 1. The van der Waals surface area contributed by atoms with Crippen molar-refractivity contribution in [3.8, 4) is 6.07 Å². The van der Waals surface area contributed by atoms with E-state index < -0.39 is 22.5 Å². The highest BCUT2D eigenvalue weighted by molar-refractivity contribution is 6.07.